The van der Waals surface area contributed by atoms with Crippen molar-refractivity contribution in [1.82, 2.24) is 4.57 Å². The SMILES string of the molecule is COc1ccc2c(=O)n(C(C)C(=O)OC(C)C)ccc2c1. The van der Waals surface area contributed by atoms with Crippen LogP contribution in [0.5, 0.6) is 5.75 Å². The average Bonchev–Trinajstić information content (AvgIpc) is 2.45. The van der Waals surface area contributed by atoms with E-state index in [0.29, 0.717) is 11.1 Å². The van der Waals surface area contributed by atoms with E-state index >= 15 is 0 Å². The topological polar surface area (TPSA) is 57.5 Å². The van der Waals surface area contributed by atoms with E-state index in [0.717, 1.165) is 5.39 Å². The number of hydrogen-bond acceptors (Lipinski definition) is 4. The smallest absolute Gasteiger partial charge is 0.329 e. The van der Waals surface area contributed by atoms with Crippen LogP contribution in [-0.2, 0) is 9.53 Å². The zero-order valence-corrected chi connectivity index (χ0v) is 12.6. The van der Waals surface area contributed by atoms with Crippen molar-refractivity contribution >= 4 is 16.7 Å². The highest BCUT2D eigenvalue weighted by molar-refractivity contribution is 5.83. The molecule has 0 aliphatic rings. The molecule has 0 N–H and O–H groups in total. The van der Waals surface area contributed by atoms with Crippen molar-refractivity contribution < 1.29 is 14.3 Å². The molecule has 5 nitrogen and oxygen atoms in total. The molecule has 0 aliphatic heterocycles. The molecule has 0 saturated carbocycles. The quantitative estimate of drug-likeness (QED) is 0.812. The molecular weight excluding hydrogens is 270 g/mol. The van der Waals surface area contributed by atoms with Crippen molar-refractivity contribution in [3.05, 3.63) is 40.8 Å². The van der Waals surface area contributed by atoms with Gasteiger partial charge in [-0.1, -0.05) is 0 Å². The summed E-state index contributed by atoms with van der Waals surface area (Å²) in [6.07, 6.45) is 1.40. The number of ether oxygens (including phenoxy) is 2. The monoisotopic (exact) mass is 289 g/mol. The summed E-state index contributed by atoms with van der Waals surface area (Å²) in [6.45, 7) is 5.21. The summed E-state index contributed by atoms with van der Waals surface area (Å²) >= 11 is 0. The number of benzene rings is 1. The number of esters is 1. The van der Waals surface area contributed by atoms with E-state index in [9.17, 15) is 9.59 Å². The van der Waals surface area contributed by atoms with Gasteiger partial charge in [-0.2, -0.15) is 0 Å². The summed E-state index contributed by atoms with van der Waals surface area (Å²) in [5.41, 5.74) is -0.219. The van der Waals surface area contributed by atoms with E-state index in [1.165, 1.54) is 4.57 Å². The normalized spacial score (nSPS) is 12.4. The van der Waals surface area contributed by atoms with Gasteiger partial charge in [0.1, 0.15) is 11.8 Å². The molecule has 1 atom stereocenters. The Bertz CT molecular complexity index is 718. The molecule has 5 heteroatoms. The highest BCUT2D eigenvalue weighted by Gasteiger charge is 2.19. The fraction of sp³-hybridized carbons (Fsp3) is 0.375. The summed E-state index contributed by atoms with van der Waals surface area (Å²) in [5, 5.41) is 1.32. The van der Waals surface area contributed by atoms with E-state index in [1.54, 1.807) is 58.3 Å². The molecule has 2 aromatic rings. The van der Waals surface area contributed by atoms with Crippen LogP contribution >= 0.6 is 0 Å². The summed E-state index contributed by atoms with van der Waals surface area (Å²) < 4.78 is 11.7. The average molecular weight is 289 g/mol. The van der Waals surface area contributed by atoms with Gasteiger partial charge < -0.3 is 14.0 Å². The summed E-state index contributed by atoms with van der Waals surface area (Å²) in [7, 11) is 1.58. The minimum absolute atomic E-state index is 0.208. The van der Waals surface area contributed by atoms with Crippen molar-refractivity contribution in [2.75, 3.05) is 7.11 Å². The van der Waals surface area contributed by atoms with Gasteiger partial charge in [0.15, 0.2) is 0 Å². The molecule has 0 radical (unpaired) electrons. The van der Waals surface area contributed by atoms with Crippen LogP contribution in [0, 0.1) is 0 Å². The van der Waals surface area contributed by atoms with E-state index in [-0.39, 0.29) is 11.7 Å². The number of pyridine rings is 1. The minimum Gasteiger partial charge on any atom is -0.497 e. The minimum atomic E-state index is -0.661. The second-order valence-electron chi connectivity index (χ2n) is 5.14. The molecule has 1 aromatic carbocycles. The molecule has 0 aliphatic carbocycles. The lowest BCUT2D eigenvalue weighted by Crippen LogP contribution is -2.30. The van der Waals surface area contributed by atoms with Crippen molar-refractivity contribution in [1.29, 1.82) is 0 Å². The van der Waals surface area contributed by atoms with Crippen LogP contribution in [-0.4, -0.2) is 23.8 Å². The van der Waals surface area contributed by atoms with E-state index < -0.39 is 12.0 Å². The van der Waals surface area contributed by atoms with Gasteiger partial charge in [0, 0.05) is 11.6 Å². The Kier molecular flexibility index (Phi) is 4.31. The van der Waals surface area contributed by atoms with Crippen LogP contribution in [0.4, 0.5) is 0 Å². The maximum absolute atomic E-state index is 12.5. The van der Waals surface area contributed by atoms with Crippen LogP contribution in [0.1, 0.15) is 26.8 Å². The van der Waals surface area contributed by atoms with Gasteiger partial charge in [-0.25, -0.2) is 4.79 Å². The summed E-state index contributed by atoms with van der Waals surface area (Å²) in [6, 6.07) is 6.35. The number of hydrogen-bond donors (Lipinski definition) is 0. The number of fused-ring (bicyclic) bond motifs is 1. The molecule has 0 spiro atoms. The maximum Gasteiger partial charge on any atom is 0.329 e. The van der Waals surface area contributed by atoms with Gasteiger partial charge in [0.2, 0.25) is 0 Å². The molecule has 0 amide bonds. The Labute approximate surface area is 123 Å². The first-order chi connectivity index (χ1) is 9.93. The van der Waals surface area contributed by atoms with Gasteiger partial charge in [-0.3, -0.25) is 4.79 Å². The fourth-order valence-corrected chi connectivity index (χ4v) is 2.12. The summed E-state index contributed by atoms with van der Waals surface area (Å²) in [4.78, 5) is 24.4. The largest absolute Gasteiger partial charge is 0.497 e. The predicted octanol–water partition coefficient (Wildman–Crippen LogP) is 2.52. The predicted molar refractivity (Wildman–Crippen MR) is 80.7 cm³/mol. The zero-order chi connectivity index (χ0) is 15.6. The Morgan fingerprint density at radius 2 is 1.90 bits per heavy atom. The highest BCUT2D eigenvalue weighted by Crippen LogP contribution is 2.19. The molecule has 1 unspecified atom stereocenters. The Morgan fingerprint density at radius 1 is 1.19 bits per heavy atom. The van der Waals surface area contributed by atoms with E-state index in [2.05, 4.69) is 0 Å². The first-order valence-corrected chi connectivity index (χ1v) is 6.83. The Morgan fingerprint density at radius 3 is 2.52 bits per heavy atom. The van der Waals surface area contributed by atoms with Crippen molar-refractivity contribution in [3.8, 4) is 5.75 Å². The van der Waals surface area contributed by atoms with Crippen molar-refractivity contribution in [2.45, 2.75) is 32.9 Å². The standard InChI is InChI=1S/C16H19NO4/c1-10(2)21-16(19)11(3)17-8-7-12-9-13(20-4)5-6-14(12)15(17)18/h5-11H,1-4H3. The maximum atomic E-state index is 12.5. The summed E-state index contributed by atoms with van der Waals surface area (Å²) in [5.74, 6) is 0.270. The fourth-order valence-electron chi connectivity index (χ4n) is 2.12. The number of methoxy groups -OCH3 is 1. The first-order valence-electron chi connectivity index (χ1n) is 6.83. The molecule has 21 heavy (non-hydrogen) atoms. The lowest BCUT2D eigenvalue weighted by atomic mass is 10.1. The van der Waals surface area contributed by atoms with Crippen molar-refractivity contribution in [2.24, 2.45) is 0 Å². The van der Waals surface area contributed by atoms with Crippen LogP contribution < -0.4 is 10.3 Å². The molecule has 0 bridgehead atoms. The van der Waals surface area contributed by atoms with Gasteiger partial charge >= 0.3 is 5.97 Å². The van der Waals surface area contributed by atoms with Crippen LogP contribution in [0.25, 0.3) is 10.8 Å². The van der Waals surface area contributed by atoms with Gasteiger partial charge in [-0.05, 0) is 50.4 Å². The molecule has 1 heterocycles. The third-order valence-electron chi connectivity index (χ3n) is 3.25. The van der Waals surface area contributed by atoms with Gasteiger partial charge in [-0.15, -0.1) is 0 Å². The third kappa shape index (κ3) is 3.07. The molecule has 112 valence electrons. The lowest BCUT2D eigenvalue weighted by Gasteiger charge is -2.16. The number of carbonyl (C=O) groups is 1. The third-order valence-corrected chi connectivity index (χ3v) is 3.25. The number of rotatable bonds is 4. The van der Waals surface area contributed by atoms with Crippen LogP contribution in [0.2, 0.25) is 0 Å². The number of aromatic nitrogens is 1. The van der Waals surface area contributed by atoms with Crippen molar-refractivity contribution in [3.63, 3.8) is 0 Å². The molecule has 0 saturated heterocycles. The second kappa shape index (κ2) is 5.99. The molecule has 2 rings (SSSR count). The number of carbonyl (C=O) groups excluding carboxylic acids is 1. The lowest BCUT2D eigenvalue weighted by molar-refractivity contribution is -0.151. The molecular formula is C16H19NO4. The molecule has 0 fully saturated rings. The Hall–Kier alpha value is -2.30. The van der Waals surface area contributed by atoms with Crippen LogP contribution in [0.15, 0.2) is 35.3 Å². The highest BCUT2D eigenvalue weighted by atomic mass is 16.5. The zero-order valence-electron chi connectivity index (χ0n) is 12.6. The molecule has 1 aromatic heterocycles. The van der Waals surface area contributed by atoms with Gasteiger partial charge in [0.05, 0.1) is 13.2 Å². The van der Waals surface area contributed by atoms with E-state index in [1.807, 2.05) is 0 Å². The first kappa shape index (κ1) is 15.1. The van der Waals surface area contributed by atoms with Crippen LogP contribution in [0.3, 0.4) is 0 Å². The van der Waals surface area contributed by atoms with E-state index in [4.69, 9.17) is 9.47 Å². The number of nitrogens with zero attached hydrogens (tertiary/aromatic N) is 1. The second-order valence-corrected chi connectivity index (χ2v) is 5.14. The Balaban J connectivity index is 2.44. The van der Waals surface area contributed by atoms with Gasteiger partial charge in [0.25, 0.3) is 5.56 Å².